The number of carbonyl (C=O) groups excluding carboxylic acids is 2. The number of hydrogen-bond donors (Lipinski definition) is 0. The van der Waals surface area contributed by atoms with Gasteiger partial charge in [0.2, 0.25) is 11.8 Å². The number of β-lactam (4-membered cyclic amide) rings is 1. The van der Waals surface area contributed by atoms with Gasteiger partial charge in [0.1, 0.15) is 0 Å². The van der Waals surface area contributed by atoms with Gasteiger partial charge >= 0.3 is 0 Å². The smallest absolute Gasteiger partial charge is 0.232 e. The summed E-state index contributed by atoms with van der Waals surface area (Å²) in [4.78, 5) is 29.1. The molecule has 0 saturated carbocycles. The molecule has 1 fully saturated rings. The number of carbonyl (C=O) groups is 2. The Balaban J connectivity index is 1.62. The lowest BCUT2D eigenvalue weighted by Gasteiger charge is -2.38. The van der Waals surface area contributed by atoms with Gasteiger partial charge in [0.15, 0.2) is 11.5 Å². The number of fused-ring (bicyclic) bond motifs is 1. The minimum atomic E-state index is -0.375. The molecule has 0 aliphatic carbocycles. The molecule has 2 amide bonds. The topological polar surface area (TPSA) is 59.1 Å². The second-order valence-electron chi connectivity index (χ2n) is 9.24. The summed E-state index contributed by atoms with van der Waals surface area (Å²) in [5, 5.41) is 0.631. The molecule has 0 aromatic heterocycles. The van der Waals surface area contributed by atoms with Crippen molar-refractivity contribution in [2.75, 3.05) is 23.5 Å². The summed E-state index contributed by atoms with van der Waals surface area (Å²) in [5.41, 5.74) is 4.44. The monoisotopic (exact) mass is 504 g/mol. The highest BCUT2D eigenvalue weighted by atomic mass is 35.5. The van der Waals surface area contributed by atoms with Gasteiger partial charge in [-0.25, -0.2) is 0 Å². The van der Waals surface area contributed by atoms with Crippen LogP contribution >= 0.6 is 11.6 Å². The third-order valence-corrected chi connectivity index (χ3v) is 7.22. The van der Waals surface area contributed by atoms with E-state index in [-0.39, 0.29) is 30.4 Å². The van der Waals surface area contributed by atoms with Gasteiger partial charge in [-0.2, -0.15) is 0 Å². The molecular formula is C29H29ClN2O4. The Hall–Kier alpha value is -3.51. The van der Waals surface area contributed by atoms with Gasteiger partial charge in [0.05, 0.1) is 25.7 Å². The van der Waals surface area contributed by atoms with Gasteiger partial charge in [-0.1, -0.05) is 30.7 Å². The van der Waals surface area contributed by atoms with Gasteiger partial charge in [-0.15, -0.1) is 0 Å². The number of benzene rings is 3. The lowest BCUT2D eigenvalue weighted by molar-refractivity contribution is -0.122. The van der Waals surface area contributed by atoms with Crippen molar-refractivity contribution < 1.29 is 19.1 Å². The van der Waals surface area contributed by atoms with Crippen molar-refractivity contribution >= 4 is 34.8 Å². The fourth-order valence-corrected chi connectivity index (χ4v) is 4.88. The molecule has 5 rings (SSSR count). The van der Waals surface area contributed by atoms with Crippen LogP contribution in [0.25, 0.3) is 0 Å². The Kier molecular flexibility index (Phi) is 6.63. The van der Waals surface area contributed by atoms with Crippen molar-refractivity contribution in [2.45, 2.75) is 45.3 Å². The number of methoxy groups -OCH3 is 1. The van der Waals surface area contributed by atoms with E-state index in [1.165, 1.54) is 0 Å². The van der Waals surface area contributed by atoms with E-state index in [2.05, 4.69) is 6.92 Å². The minimum Gasteiger partial charge on any atom is -0.493 e. The van der Waals surface area contributed by atoms with Crippen molar-refractivity contribution in [3.05, 3.63) is 82.4 Å². The van der Waals surface area contributed by atoms with Crippen LogP contribution < -0.4 is 19.3 Å². The third kappa shape index (κ3) is 4.42. The van der Waals surface area contributed by atoms with E-state index in [0.29, 0.717) is 22.9 Å². The average molecular weight is 505 g/mol. The molecule has 0 bridgehead atoms. The van der Waals surface area contributed by atoms with Crippen LogP contribution in [0.4, 0.5) is 11.4 Å². The van der Waals surface area contributed by atoms with Crippen LogP contribution in [0.1, 0.15) is 49.4 Å². The summed E-state index contributed by atoms with van der Waals surface area (Å²) in [6.45, 7) is 4.82. The van der Waals surface area contributed by atoms with Crippen LogP contribution in [0.3, 0.4) is 0 Å². The maximum absolute atomic E-state index is 13.6. The van der Waals surface area contributed by atoms with E-state index in [4.69, 9.17) is 21.1 Å². The van der Waals surface area contributed by atoms with Gasteiger partial charge in [-0.3, -0.25) is 9.59 Å². The first kappa shape index (κ1) is 24.2. The second-order valence-corrected chi connectivity index (χ2v) is 9.68. The van der Waals surface area contributed by atoms with Crippen LogP contribution in [-0.4, -0.2) is 31.6 Å². The zero-order chi connectivity index (χ0) is 25.4. The number of halogens is 1. The average Bonchev–Trinajstić information content (AvgIpc) is 2.88. The summed E-state index contributed by atoms with van der Waals surface area (Å²) in [5.74, 6) is 1.37. The van der Waals surface area contributed by atoms with E-state index in [9.17, 15) is 9.59 Å². The van der Waals surface area contributed by atoms with Crippen molar-refractivity contribution in [3.8, 4) is 11.5 Å². The first-order valence-electron chi connectivity index (χ1n) is 12.2. The number of rotatable bonds is 7. The van der Waals surface area contributed by atoms with E-state index in [1.54, 1.807) is 12.0 Å². The number of anilines is 2. The molecule has 1 saturated heterocycles. The first-order valence-corrected chi connectivity index (χ1v) is 12.6. The van der Waals surface area contributed by atoms with Gasteiger partial charge < -0.3 is 19.3 Å². The lowest BCUT2D eigenvalue weighted by Crippen LogP contribution is -2.43. The van der Waals surface area contributed by atoms with Crippen LogP contribution in [0.5, 0.6) is 11.5 Å². The molecular weight excluding hydrogens is 476 g/mol. The second kappa shape index (κ2) is 9.86. The van der Waals surface area contributed by atoms with E-state index in [0.717, 1.165) is 41.0 Å². The first-order chi connectivity index (χ1) is 17.4. The number of ether oxygens (including phenoxy) is 2. The van der Waals surface area contributed by atoms with Crippen molar-refractivity contribution in [3.63, 3.8) is 0 Å². The SMILES string of the molecule is CC[C@@H](C)Oc1cc2c(cc1OC)CC(=O)N(c1ccc(N3CCC3=O)cc1)[C@@H]2c1ccc(Cl)cc1. The molecule has 0 radical (unpaired) electrons. The molecule has 0 unspecified atom stereocenters. The molecule has 6 nitrogen and oxygen atoms in total. The molecule has 0 N–H and O–H groups in total. The minimum absolute atomic E-state index is 0.0176. The molecule has 2 aliphatic rings. The quantitative estimate of drug-likeness (QED) is 0.373. The Bertz CT molecular complexity index is 1290. The van der Waals surface area contributed by atoms with E-state index in [1.807, 2.05) is 72.5 Å². The zero-order valence-electron chi connectivity index (χ0n) is 20.7. The molecule has 186 valence electrons. The van der Waals surface area contributed by atoms with Crippen LogP contribution in [0.15, 0.2) is 60.7 Å². The maximum atomic E-state index is 13.6. The fraction of sp³-hybridized carbons (Fsp3) is 0.310. The molecule has 2 atom stereocenters. The zero-order valence-corrected chi connectivity index (χ0v) is 21.4. The Morgan fingerprint density at radius 1 is 0.972 bits per heavy atom. The van der Waals surface area contributed by atoms with Crippen molar-refractivity contribution in [1.82, 2.24) is 0 Å². The Morgan fingerprint density at radius 3 is 2.25 bits per heavy atom. The summed E-state index contributed by atoms with van der Waals surface area (Å²) >= 11 is 6.20. The molecule has 7 heteroatoms. The fourth-order valence-electron chi connectivity index (χ4n) is 4.76. The van der Waals surface area contributed by atoms with Crippen molar-refractivity contribution in [2.24, 2.45) is 0 Å². The van der Waals surface area contributed by atoms with Gasteiger partial charge in [0.25, 0.3) is 0 Å². The predicted molar refractivity (Wildman–Crippen MR) is 141 cm³/mol. The van der Waals surface area contributed by atoms with E-state index >= 15 is 0 Å². The number of nitrogens with zero attached hydrogens (tertiary/aromatic N) is 2. The van der Waals surface area contributed by atoms with Crippen LogP contribution in [-0.2, 0) is 16.0 Å². The highest BCUT2D eigenvalue weighted by Crippen LogP contribution is 2.44. The van der Waals surface area contributed by atoms with Crippen molar-refractivity contribution in [1.29, 1.82) is 0 Å². The number of hydrogen-bond acceptors (Lipinski definition) is 4. The number of amides is 2. The molecule has 3 aromatic rings. The highest BCUT2D eigenvalue weighted by molar-refractivity contribution is 6.30. The van der Waals surface area contributed by atoms with Gasteiger partial charge in [0, 0.05) is 29.4 Å². The standard InChI is InChI=1S/C29H29ClN2O4/c1-4-18(2)36-26-17-24-20(15-25(26)35-3)16-28(34)32(29(24)19-5-7-21(30)8-6-19)23-11-9-22(10-12-23)31-14-13-27(31)33/h5-12,15,17-18,29H,4,13-14,16H2,1-3H3/t18-,29-/m1/s1. The molecule has 2 aliphatic heterocycles. The molecule has 36 heavy (non-hydrogen) atoms. The molecule has 2 heterocycles. The predicted octanol–water partition coefficient (Wildman–Crippen LogP) is 5.94. The molecule has 0 spiro atoms. The summed E-state index contributed by atoms with van der Waals surface area (Å²) in [6.07, 6.45) is 1.69. The third-order valence-electron chi connectivity index (χ3n) is 6.97. The van der Waals surface area contributed by atoms with Gasteiger partial charge in [-0.05, 0) is 78.6 Å². The largest absolute Gasteiger partial charge is 0.493 e. The maximum Gasteiger partial charge on any atom is 0.232 e. The van der Waals surface area contributed by atoms with Crippen LogP contribution in [0.2, 0.25) is 5.02 Å². The normalized spacial score (nSPS) is 17.9. The van der Waals surface area contributed by atoms with Crippen LogP contribution in [0, 0.1) is 0 Å². The van der Waals surface area contributed by atoms with E-state index < -0.39 is 0 Å². The Labute approximate surface area is 216 Å². The highest BCUT2D eigenvalue weighted by Gasteiger charge is 2.36. The summed E-state index contributed by atoms with van der Waals surface area (Å²) < 4.78 is 11.8. The summed E-state index contributed by atoms with van der Waals surface area (Å²) in [6, 6.07) is 18.8. The molecule has 3 aromatic carbocycles. The lowest BCUT2D eigenvalue weighted by atomic mass is 9.86. The Morgan fingerprint density at radius 2 is 1.67 bits per heavy atom. The summed E-state index contributed by atoms with van der Waals surface area (Å²) in [7, 11) is 1.61.